The highest BCUT2D eigenvalue weighted by Gasteiger charge is 2.50. The summed E-state index contributed by atoms with van der Waals surface area (Å²) in [4.78, 5) is 22.1. The van der Waals surface area contributed by atoms with Crippen LogP contribution < -0.4 is 4.74 Å². The van der Waals surface area contributed by atoms with Crippen LogP contribution >= 0.6 is 0 Å². The molecule has 8 nitrogen and oxygen atoms in total. The Morgan fingerprint density at radius 1 is 1.35 bits per heavy atom. The van der Waals surface area contributed by atoms with E-state index < -0.39 is 0 Å². The average Bonchev–Trinajstić information content (AvgIpc) is 3.07. The first kappa shape index (κ1) is 14.1. The minimum absolute atomic E-state index is 0.000931. The van der Waals surface area contributed by atoms with Crippen LogP contribution in [0.2, 0.25) is 0 Å². The van der Waals surface area contributed by atoms with E-state index in [2.05, 4.69) is 15.1 Å². The fourth-order valence-corrected chi connectivity index (χ4v) is 3.09. The third kappa shape index (κ3) is 2.77. The minimum atomic E-state index is -0.329. The van der Waals surface area contributed by atoms with Gasteiger partial charge in [0, 0.05) is 25.2 Å². The topological polar surface area (TPSA) is 90.6 Å². The van der Waals surface area contributed by atoms with Gasteiger partial charge in [-0.25, -0.2) is 9.97 Å². The summed E-state index contributed by atoms with van der Waals surface area (Å²) in [6.45, 7) is 1.70. The van der Waals surface area contributed by atoms with E-state index in [1.807, 2.05) is 0 Å². The molecule has 2 saturated heterocycles. The first-order valence-electron chi connectivity index (χ1n) is 7.50. The highest BCUT2D eigenvalue weighted by molar-refractivity contribution is 5.94. The number of ether oxygens (including phenoxy) is 2. The molecule has 8 heteroatoms. The summed E-state index contributed by atoms with van der Waals surface area (Å²) in [5.74, 6) is -0.0880. The van der Waals surface area contributed by atoms with Crippen LogP contribution in [0.25, 0.3) is 0 Å². The summed E-state index contributed by atoms with van der Waals surface area (Å²) in [5, 5.41) is 3.56. The zero-order valence-electron chi connectivity index (χ0n) is 12.4. The van der Waals surface area contributed by atoms with E-state index in [0.29, 0.717) is 31.3 Å². The first-order valence-corrected chi connectivity index (χ1v) is 7.50. The molecule has 0 unspecified atom stereocenters. The molecule has 0 radical (unpaired) electrons. The molecule has 0 aliphatic carbocycles. The Morgan fingerprint density at radius 3 is 2.91 bits per heavy atom. The molecule has 2 aromatic heterocycles. The molecule has 0 aromatic carbocycles. The molecule has 1 spiro atoms. The maximum absolute atomic E-state index is 12.2. The molecule has 1 atom stereocenters. The van der Waals surface area contributed by atoms with Crippen LogP contribution in [0, 0.1) is 0 Å². The normalized spacial score (nSPS) is 22.6. The van der Waals surface area contributed by atoms with Crippen LogP contribution in [-0.2, 0) is 4.74 Å². The summed E-state index contributed by atoms with van der Waals surface area (Å²) < 4.78 is 16.4. The summed E-state index contributed by atoms with van der Waals surface area (Å²) in [6.07, 6.45) is 7.60. The van der Waals surface area contributed by atoms with E-state index >= 15 is 0 Å². The maximum atomic E-state index is 12.2. The van der Waals surface area contributed by atoms with E-state index in [4.69, 9.17) is 14.0 Å². The maximum Gasteiger partial charge on any atom is 0.316 e. The lowest BCUT2D eigenvalue weighted by Crippen LogP contribution is -2.67. The molecule has 2 aliphatic rings. The van der Waals surface area contributed by atoms with Gasteiger partial charge >= 0.3 is 6.01 Å². The summed E-state index contributed by atoms with van der Waals surface area (Å²) in [6, 6.07) is 2.13. The summed E-state index contributed by atoms with van der Waals surface area (Å²) in [5.41, 5.74) is 0.131. The molecule has 1 amide bonds. The zero-order valence-corrected chi connectivity index (χ0v) is 12.4. The van der Waals surface area contributed by atoms with Crippen molar-refractivity contribution in [3.8, 4) is 6.01 Å². The number of aromatic nitrogens is 3. The van der Waals surface area contributed by atoms with Gasteiger partial charge in [0.1, 0.15) is 18.0 Å². The van der Waals surface area contributed by atoms with Gasteiger partial charge in [0.05, 0.1) is 31.5 Å². The third-order valence-electron chi connectivity index (χ3n) is 4.19. The van der Waals surface area contributed by atoms with Crippen molar-refractivity contribution in [2.45, 2.75) is 24.5 Å². The lowest BCUT2D eigenvalue weighted by molar-refractivity contribution is -0.174. The summed E-state index contributed by atoms with van der Waals surface area (Å²) in [7, 11) is 0. The summed E-state index contributed by atoms with van der Waals surface area (Å²) >= 11 is 0. The Labute approximate surface area is 132 Å². The van der Waals surface area contributed by atoms with E-state index in [0.717, 1.165) is 12.8 Å². The molecule has 0 saturated carbocycles. The van der Waals surface area contributed by atoms with Gasteiger partial charge in [-0.1, -0.05) is 5.16 Å². The predicted molar refractivity (Wildman–Crippen MR) is 76.8 cm³/mol. The largest absolute Gasteiger partial charge is 0.460 e. The molecule has 23 heavy (non-hydrogen) atoms. The van der Waals surface area contributed by atoms with Gasteiger partial charge in [0.25, 0.3) is 5.91 Å². The quantitative estimate of drug-likeness (QED) is 0.831. The smallest absolute Gasteiger partial charge is 0.316 e. The number of amides is 1. The van der Waals surface area contributed by atoms with Crippen LogP contribution in [-0.4, -0.2) is 57.3 Å². The molecule has 4 heterocycles. The second-order valence-electron chi connectivity index (χ2n) is 5.87. The van der Waals surface area contributed by atoms with Crippen LogP contribution in [0.15, 0.2) is 35.4 Å². The molecular weight excluding hydrogens is 300 g/mol. The molecule has 2 aliphatic heterocycles. The SMILES string of the molecule is O=C(c1cnoc1)N1CC2(C[C@H](Oc3ncccn3)CCO2)C1. The Balaban J connectivity index is 1.36. The first-order chi connectivity index (χ1) is 11.2. The molecule has 2 fully saturated rings. The van der Waals surface area contributed by atoms with Crippen molar-refractivity contribution < 1.29 is 18.8 Å². The molecule has 0 bridgehead atoms. The number of likely N-dealkylation sites (tertiary alicyclic amines) is 1. The van der Waals surface area contributed by atoms with Crippen molar-refractivity contribution in [3.63, 3.8) is 0 Å². The Kier molecular flexibility index (Phi) is 3.45. The monoisotopic (exact) mass is 316 g/mol. The molecule has 2 aromatic rings. The lowest BCUT2D eigenvalue weighted by atomic mass is 9.84. The van der Waals surface area contributed by atoms with Gasteiger partial charge < -0.3 is 18.9 Å². The average molecular weight is 316 g/mol. The lowest BCUT2D eigenvalue weighted by Gasteiger charge is -2.52. The van der Waals surface area contributed by atoms with Gasteiger partial charge in [-0.2, -0.15) is 0 Å². The van der Waals surface area contributed by atoms with Crippen LogP contribution in [0.3, 0.4) is 0 Å². The molecular formula is C15H16N4O4. The number of nitrogens with zero attached hydrogens (tertiary/aromatic N) is 4. The Morgan fingerprint density at radius 2 is 2.17 bits per heavy atom. The van der Waals surface area contributed by atoms with Crippen LogP contribution in [0.1, 0.15) is 23.2 Å². The van der Waals surface area contributed by atoms with Crippen LogP contribution in [0.5, 0.6) is 6.01 Å². The van der Waals surface area contributed by atoms with Gasteiger partial charge in [0.2, 0.25) is 0 Å². The van der Waals surface area contributed by atoms with Crippen molar-refractivity contribution >= 4 is 5.91 Å². The number of carbonyl (C=O) groups excluding carboxylic acids is 1. The van der Waals surface area contributed by atoms with Crippen molar-refractivity contribution in [1.29, 1.82) is 0 Å². The van der Waals surface area contributed by atoms with Crippen molar-refractivity contribution in [2.75, 3.05) is 19.7 Å². The van der Waals surface area contributed by atoms with Crippen molar-refractivity contribution in [1.82, 2.24) is 20.0 Å². The van der Waals surface area contributed by atoms with Gasteiger partial charge in [-0.15, -0.1) is 0 Å². The zero-order chi connectivity index (χ0) is 15.7. The molecule has 0 N–H and O–H groups in total. The number of rotatable bonds is 3. The second-order valence-corrected chi connectivity index (χ2v) is 5.87. The van der Waals surface area contributed by atoms with Gasteiger partial charge in [0.15, 0.2) is 0 Å². The molecule has 120 valence electrons. The fraction of sp³-hybridized carbons (Fsp3) is 0.467. The number of hydrogen-bond donors (Lipinski definition) is 0. The number of carbonyl (C=O) groups is 1. The highest BCUT2D eigenvalue weighted by Crippen LogP contribution is 2.36. The van der Waals surface area contributed by atoms with E-state index in [1.54, 1.807) is 23.4 Å². The fourth-order valence-electron chi connectivity index (χ4n) is 3.09. The van der Waals surface area contributed by atoms with E-state index in [9.17, 15) is 4.79 Å². The minimum Gasteiger partial charge on any atom is -0.460 e. The van der Waals surface area contributed by atoms with Crippen molar-refractivity contribution in [2.24, 2.45) is 0 Å². The number of hydrogen-bond acceptors (Lipinski definition) is 7. The standard InChI is InChI=1S/C15H16N4O4/c20-13(11-7-18-22-8-11)19-9-15(10-19)6-12(2-5-21-15)23-14-16-3-1-4-17-14/h1,3-4,7-8,12H,2,5-6,9-10H2/t12-/m1/s1. The van der Waals surface area contributed by atoms with Crippen LogP contribution in [0.4, 0.5) is 0 Å². The Bertz CT molecular complexity index is 670. The highest BCUT2D eigenvalue weighted by atomic mass is 16.5. The van der Waals surface area contributed by atoms with Crippen molar-refractivity contribution in [3.05, 3.63) is 36.5 Å². The third-order valence-corrected chi connectivity index (χ3v) is 4.19. The van der Waals surface area contributed by atoms with E-state index in [1.165, 1.54) is 12.5 Å². The second kappa shape index (κ2) is 5.62. The van der Waals surface area contributed by atoms with Gasteiger partial charge in [-0.05, 0) is 6.07 Å². The molecule has 4 rings (SSSR count). The van der Waals surface area contributed by atoms with Gasteiger partial charge in [-0.3, -0.25) is 4.79 Å². The Hall–Kier alpha value is -2.48. The van der Waals surface area contributed by atoms with E-state index in [-0.39, 0.29) is 17.6 Å². The predicted octanol–water partition coefficient (Wildman–Crippen LogP) is 0.917.